The normalized spacial score (nSPS) is 14.1. The summed E-state index contributed by atoms with van der Waals surface area (Å²) in [5, 5.41) is 19.9. The Kier molecular flexibility index (Phi) is 4.71. The van der Waals surface area contributed by atoms with Crippen LogP contribution in [0.25, 0.3) is 0 Å². The van der Waals surface area contributed by atoms with Gasteiger partial charge in [0.2, 0.25) is 0 Å². The Morgan fingerprint density at radius 3 is 2.92 bits per heavy atom. The zero-order valence-corrected chi connectivity index (χ0v) is 14.7. The van der Waals surface area contributed by atoms with E-state index in [1.54, 1.807) is 12.1 Å². The van der Waals surface area contributed by atoms with Crippen molar-refractivity contribution < 1.29 is 9.90 Å². The van der Waals surface area contributed by atoms with Gasteiger partial charge in [-0.2, -0.15) is 5.10 Å². The van der Waals surface area contributed by atoms with Gasteiger partial charge in [-0.25, -0.2) is 0 Å². The number of aromatic nitrogens is 3. The van der Waals surface area contributed by atoms with Crippen LogP contribution in [0.5, 0.6) is 5.75 Å². The summed E-state index contributed by atoms with van der Waals surface area (Å²) in [6.07, 6.45) is 2.85. The van der Waals surface area contributed by atoms with Crippen LogP contribution in [0.3, 0.4) is 0 Å². The molecule has 1 amide bonds. The number of phenolic OH excluding ortho intramolecular Hbond substituents is 1. The molecule has 1 aromatic carbocycles. The van der Waals surface area contributed by atoms with Crippen LogP contribution in [0.1, 0.15) is 60.4 Å². The highest BCUT2D eigenvalue weighted by Crippen LogP contribution is 2.35. The summed E-state index contributed by atoms with van der Waals surface area (Å²) in [6.45, 7) is 4.54. The van der Waals surface area contributed by atoms with Gasteiger partial charge in [-0.3, -0.25) is 9.89 Å². The standard InChI is InChI=1S/C17H22N4O2S/c1-10(2)11-3-6-14(22)13(9-11)16(23)18-8-7-15-19-20-17(24)21(15)12-4-5-12/h3,6,9-10,12,22H,4-5,7-8H2,1-2H3,(H,18,23)(H,20,24). The fourth-order valence-corrected chi connectivity index (χ4v) is 3.00. The van der Waals surface area contributed by atoms with E-state index in [1.165, 1.54) is 0 Å². The summed E-state index contributed by atoms with van der Waals surface area (Å²) in [7, 11) is 0. The minimum absolute atomic E-state index is 0.00226. The molecule has 1 saturated carbocycles. The number of hydrogen-bond acceptors (Lipinski definition) is 4. The molecule has 3 rings (SSSR count). The van der Waals surface area contributed by atoms with Crippen molar-refractivity contribution in [1.29, 1.82) is 0 Å². The Hall–Kier alpha value is -2.15. The average molecular weight is 346 g/mol. The van der Waals surface area contributed by atoms with Gasteiger partial charge in [0.05, 0.1) is 5.56 Å². The molecule has 3 N–H and O–H groups in total. The van der Waals surface area contributed by atoms with E-state index in [0.29, 0.717) is 35.3 Å². The molecule has 1 heterocycles. The van der Waals surface area contributed by atoms with E-state index in [0.717, 1.165) is 24.2 Å². The number of hydrogen-bond donors (Lipinski definition) is 3. The molecule has 0 aliphatic heterocycles. The number of nitrogens with zero attached hydrogens (tertiary/aromatic N) is 2. The summed E-state index contributed by atoms with van der Waals surface area (Å²) < 4.78 is 2.68. The molecule has 0 unspecified atom stereocenters. The van der Waals surface area contributed by atoms with Crippen LogP contribution >= 0.6 is 12.2 Å². The fourth-order valence-electron chi connectivity index (χ4n) is 2.70. The molecule has 0 bridgehead atoms. The first-order chi connectivity index (χ1) is 11.5. The van der Waals surface area contributed by atoms with Crippen LogP contribution in [0.2, 0.25) is 0 Å². The molecule has 1 aliphatic rings. The van der Waals surface area contributed by atoms with Crippen LogP contribution in [-0.4, -0.2) is 32.3 Å². The quantitative estimate of drug-likeness (QED) is 0.702. The first-order valence-corrected chi connectivity index (χ1v) is 8.65. The number of phenols is 1. The summed E-state index contributed by atoms with van der Waals surface area (Å²) >= 11 is 5.25. The smallest absolute Gasteiger partial charge is 0.255 e. The van der Waals surface area contributed by atoms with Crippen molar-refractivity contribution >= 4 is 18.1 Å². The molecule has 1 aromatic heterocycles. The third kappa shape index (κ3) is 3.51. The number of benzene rings is 1. The van der Waals surface area contributed by atoms with Gasteiger partial charge in [-0.15, -0.1) is 0 Å². The van der Waals surface area contributed by atoms with Gasteiger partial charge >= 0.3 is 0 Å². The van der Waals surface area contributed by atoms with Crippen molar-refractivity contribution in [3.63, 3.8) is 0 Å². The summed E-state index contributed by atoms with van der Waals surface area (Å²) in [6, 6.07) is 5.61. The molecule has 0 radical (unpaired) electrons. The predicted molar refractivity (Wildman–Crippen MR) is 93.9 cm³/mol. The Balaban J connectivity index is 1.64. The van der Waals surface area contributed by atoms with E-state index in [2.05, 4.69) is 29.4 Å². The second-order valence-corrected chi connectivity index (χ2v) is 6.87. The van der Waals surface area contributed by atoms with Crippen LogP contribution < -0.4 is 5.32 Å². The Bertz CT molecular complexity index is 805. The largest absolute Gasteiger partial charge is 0.507 e. The third-order valence-electron chi connectivity index (χ3n) is 4.26. The van der Waals surface area contributed by atoms with Gasteiger partial charge in [0.1, 0.15) is 11.6 Å². The maximum atomic E-state index is 12.3. The number of H-pyrrole nitrogens is 1. The summed E-state index contributed by atoms with van der Waals surface area (Å²) in [5.41, 5.74) is 1.33. The lowest BCUT2D eigenvalue weighted by Gasteiger charge is -2.11. The Labute approximate surface area is 145 Å². The summed E-state index contributed by atoms with van der Waals surface area (Å²) in [4.78, 5) is 12.3. The number of carbonyl (C=O) groups is 1. The SMILES string of the molecule is CC(C)c1ccc(O)c(C(=O)NCCc2n[nH]c(=S)n2C2CC2)c1. The van der Waals surface area contributed by atoms with Crippen molar-refractivity contribution in [2.75, 3.05) is 6.54 Å². The predicted octanol–water partition coefficient (Wildman–Crippen LogP) is 3.08. The molecule has 0 saturated heterocycles. The van der Waals surface area contributed by atoms with Crippen LogP contribution in [0.4, 0.5) is 0 Å². The molecule has 24 heavy (non-hydrogen) atoms. The lowest BCUT2D eigenvalue weighted by atomic mass is 10.00. The minimum atomic E-state index is -0.276. The Morgan fingerprint density at radius 2 is 2.25 bits per heavy atom. The molecule has 0 spiro atoms. The van der Waals surface area contributed by atoms with Gasteiger partial charge in [-0.1, -0.05) is 19.9 Å². The molecule has 1 fully saturated rings. The van der Waals surface area contributed by atoms with E-state index in [9.17, 15) is 9.90 Å². The highest BCUT2D eigenvalue weighted by atomic mass is 32.1. The van der Waals surface area contributed by atoms with Gasteiger partial charge in [0, 0.05) is 19.0 Å². The molecule has 7 heteroatoms. The van der Waals surface area contributed by atoms with Crippen molar-refractivity contribution in [2.24, 2.45) is 0 Å². The van der Waals surface area contributed by atoms with Crippen LogP contribution in [0.15, 0.2) is 18.2 Å². The molecule has 2 aromatic rings. The Morgan fingerprint density at radius 1 is 1.50 bits per heavy atom. The van der Waals surface area contributed by atoms with Gasteiger partial charge in [0.15, 0.2) is 4.77 Å². The number of rotatable bonds is 6. The number of carbonyl (C=O) groups excluding carboxylic acids is 1. The van der Waals surface area contributed by atoms with Crippen LogP contribution in [0, 0.1) is 4.77 Å². The maximum Gasteiger partial charge on any atom is 0.255 e. The van der Waals surface area contributed by atoms with Crippen molar-refractivity contribution in [1.82, 2.24) is 20.1 Å². The zero-order chi connectivity index (χ0) is 17.3. The van der Waals surface area contributed by atoms with Gasteiger partial charge in [-0.05, 0) is 48.7 Å². The molecule has 0 atom stereocenters. The second kappa shape index (κ2) is 6.76. The van der Waals surface area contributed by atoms with Crippen molar-refractivity contribution in [2.45, 2.75) is 45.1 Å². The third-order valence-corrected chi connectivity index (χ3v) is 4.54. The van der Waals surface area contributed by atoms with E-state index < -0.39 is 0 Å². The lowest BCUT2D eigenvalue weighted by Crippen LogP contribution is -2.26. The minimum Gasteiger partial charge on any atom is -0.507 e. The first-order valence-electron chi connectivity index (χ1n) is 8.24. The highest BCUT2D eigenvalue weighted by molar-refractivity contribution is 7.71. The fraction of sp³-hybridized carbons (Fsp3) is 0.471. The molecule has 128 valence electrons. The van der Waals surface area contributed by atoms with E-state index in [-0.39, 0.29) is 11.7 Å². The molecular formula is C17H22N4O2S. The number of aromatic amines is 1. The number of amides is 1. The van der Waals surface area contributed by atoms with E-state index >= 15 is 0 Å². The number of aromatic hydroxyl groups is 1. The maximum absolute atomic E-state index is 12.3. The molecule has 1 aliphatic carbocycles. The first kappa shape index (κ1) is 16.7. The van der Waals surface area contributed by atoms with E-state index in [4.69, 9.17) is 12.2 Å². The monoisotopic (exact) mass is 346 g/mol. The molecule has 6 nitrogen and oxygen atoms in total. The zero-order valence-electron chi connectivity index (χ0n) is 13.9. The average Bonchev–Trinajstić information content (AvgIpc) is 3.31. The lowest BCUT2D eigenvalue weighted by molar-refractivity contribution is 0.0951. The second-order valence-electron chi connectivity index (χ2n) is 6.48. The highest BCUT2D eigenvalue weighted by Gasteiger charge is 2.27. The molecular weight excluding hydrogens is 324 g/mol. The van der Waals surface area contributed by atoms with E-state index in [1.807, 2.05) is 10.6 Å². The van der Waals surface area contributed by atoms with Crippen molar-refractivity contribution in [3.05, 3.63) is 39.9 Å². The van der Waals surface area contributed by atoms with Crippen molar-refractivity contribution in [3.8, 4) is 5.75 Å². The number of nitrogens with one attached hydrogen (secondary N) is 2. The summed E-state index contributed by atoms with van der Waals surface area (Å²) in [5.74, 6) is 0.881. The van der Waals surface area contributed by atoms with Gasteiger partial charge < -0.3 is 15.0 Å². The van der Waals surface area contributed by atoms with Gasteiger partial charge in [0.25, 0.3) is 5.91 Å². The topological polar surface area (TPSA) is 82.9 Å². The van der Waals surface area contributed by atoms with Crippen LogP contribution in [-0.2, 0) is 6.42 Å².